The number of carbonyl (C=O) groups is 1. The van der Waals surface area contributed by atoms with Gasteiger partial charge in [0.25, 0.3) is 0 Å². The molecule has 118 valence electrons. The molecule has 0 spiro atoms. The molecule has 1 unspecified atom stereocenters. The Kier molecular flexibility index (Phi) is 8.86. The SMILES string of the molecule is CC(C)CC(CN)CC(=O)NCCOC1CCCCC1. The van der Waals surface area contributed by atoms with E-state index in [1.54, 1.807) is 0 Å². The van der Waals surface area contributed by atoms with Crippen molar-refractivity contribution in [1.82, 2.24) is 5.32 Å². The first-order valence-corrected chi connectivity index (χ1v) is 8.20. The van der Waals surface area contributed by atoms with E-state index in [-0.39, 0.29) is 5.91 Å². The fourth-order valence-electron chi connectivity index (χ4n) is 2.91. The maximum atomic E-state index is 11.8. The van der Waals surface area contributed by atoms with Crippen LogP contribution in [0.4, 0.5) is 0 Å². The number of nitrogens with two attached hydrogens (primary N) is 1. The molecule has 3 N–H and O–H groups in total. The number of rotatable bonds is 9. The minimum absolute atomic E-state index is 0.105. The predicted octanol–water partition coefficient (Wildman–Crippen LogP) is 2.46. The molecule has 1 atom stereocenters. The fourth-order valence-corrected chi connectivity index (χ4v) is 2.91. The van der Waals surface area contributed by atoms with Crippen molar-refractivity contribution >= 4 is 5.91 Å². The average molecular weight is 284 g/mol. The second-order valence-electron chi connectivity index (χ2n) is 6.42. The molecule has 20 heavy (non-hydrogen) atoms. The second-order valence-corrected chi connectivity index (χ2v) is 6.42. The molecular weight excluding hydrogens is 252 g/mol. The molecule has 4 nitrogen and oxygen atoms in total. The third-order valence-corrected chi connectivity index (χ3v) is 3.94. The molecule has 0 aromatic rings. The van der Waals surface area contributed by atoms with Gasteiger partial charge in [0.2, 0.25) is 5.91 Å². The van der Waals surface area contributed by atoms with E-state index in [0.29, 0.717) is 44.1 Å². The number of hydrogen-bond donors (Lipinski definition) is 2. The van der Waals surface area contributed by atoms with Gasteiger partial charge in [0.1, 0.15) is 0 Å². The highest BCUT2D eigenvalue weighted by Crippen LogP contribution is 2.19. The number of ether oxygens (including phenoxy) is 1. The third kappa shape index (κ3) is 7.85. The van der Waals surface area contributed by atoms with E-state index in [1.165, 1.54) is 32.1 Å². The van der Waals surface area contributed by atoms with Gasteiger partial charge in [-0.1, -0.05) is 33.1 Å². The quantitative estimate of drug-likeness (QED) is 0.639. The van der Waals surface area contributed by atoms with E-state index in [0.717, 1.165) is 6.42 Å². The van der Waals surface area contributed by atoms with E-state index in [2.05, 4.69) is 19.2 Å². The molecule has 1 rings (SSSR count). The Bertz CT molecular complexity index is 263. The molecule has 0 radical (unpaired) electrons. The van der Waals surface area contributed by atoms with Crippen molar-refractivity contribution in [2.75, 3.05) is 19.7 Å². The smallest absolute Gasteiger partial charge is 0.220 e. The lowest BCUT2D eigenvalue weighted by molar-refractivity contribution is -0.122. The molecule has 1 saturated carbocycles. The van der Waals surface area contributed by atoms with Gasteiger partial charge in [-0.05, 0) is 37.6 Å². The zero-order chi connectivity index (χ0) is 14.8. The van der Waals surface area contributed by atoms with Crippen LogP contribution in [0.25, 0.3) is 0 Å². The lowest BCUT2D eigenvalue weighted by atomic mass is 9.94. The summed E-state index contributed by atoms with van der Waals surface area (Å²) < 4.78 is 5.79. The Morgan fingerprint density at radius 3 is 2.60 bits per heavy atom. The maximum absolute atomic E-state index is 11.8. The average Bonchev–Trinajstić information content (AvgIpc) is 2.43. The van der Waals surface area contributed by atoms with Gasteiger partial charge in [0, 0.05) is 13.0 Å². The highest BCUT2D eigenvalue weighted by molar-refractivity contribution is 5.76. The summed E-state index contributed by atoms with van der Waals surface area (Å²) in [4.78, 5) is 11.8. The molecule has 4 heteroatoms. The van der Waals surface area contributed by atoms with E-state index in [1.807, 2.05) is 0 Å². The van der Waals surface area contributed by atoms with Gasteiger partial charge < -0.3 is 15.8 Å². The summed E-state index contributed by atoms with van der Waals surface area (Å²) in [6, 6.07) is 0. The Morgan fingerprint density at radius 2 is 2.00 bits per heavy atom. The first kappa shape index (κ1) is 17.4. The zero-order valence-corrected chi connectivity index (χ0v) is 13.2. The van der Waals surface area contributed by atoms with Gasteiger partial charge in [-0.2, -0.15) is 0 Å². The van der Waals surface area contributed by atoms with Crippen LogP contribution in [0.2, 0.25) is 0 Å². The second kappa shape index (κ2) is 10.2. The highest BCUT2D eigenvalue weighted by Gasteiger charge is 2.15. The van der Waals surface area contributed by atoms with Crippen LogP contribution in [0, 0.1) is 11.8 Å². The Labute approximate surface area is 123 Å². The Balaban J connectivity index is 2.06. The van der Waals surface area contributed by atoms with Gasteiger partial charge in [-0.3, -0.25) is 4.79 Å². The van der Waals surface area contributed by atoms with E-state index in [4.69, 9.17) is 10.5 Å². The molecule has 0 aliphatic heterocycles. The summed E-state index contributed by atoms with van der Waals surface area (Å²) in [6.07, 6.45) is 8.23. The normalized spacial score (nSPS) is 18.2. The number of hydrogen-bond acceptors (Lipinski definition) is 3. The standard InChI is InChI=1S/C16H32N2O2/c1-13(2)10-14(12-17)11-16(19)18-8-9-20-15-6-4-3-5-7-15/h13-15H,3-12,17H2,1-2H3,(H,18,19). The molecular formula is C16H32N2O2. The minimum Gasteiger partial charge on any atom is -0.376 e. The third-order valence-electron chi connectivity index (χ3n) is 3.94. The van der Waals surface area contributed by atoms with Gasteiger partial charge in [0.05, 0.1) is 12.7 Å². The monoisotopic (exact) mass is 284 g/mol. The first-order valence-electron chi connectivity index (χ1n) is 8.20. The van der Waals surface area contributed by atoms with Crippen molar-refractivity contribution in [2.45, 2.75) is 64.9 Å². The molecule has 0 aromatic heterocycles. The van der Waals surface area contributed by atoms with Crippen molar-refractivity contribution in [2.24, 2.45) is 17.6 Å². The summed E-state index contributed by atoms with van der Waals surface area (Å²) in [7, 11) is 0. The molecule has 0 heterocycles. The lowest BCUT2D eigenvalue weighted by Gasteiger charge is -2.22. The van der Waals surface area contributed by atoms with E-state index in [9.17, 15) is 4.79 Å². The minimum atomic E-state index is 0.105. The lowest BCUT2D eigenvalue weighted by Crippen LogP contribution is -2.32. The van der Waals surface area contributed by atoms with E-state index < -0.39 is 0 Å². The molecule has 0 bridgehead atoms. The van der Waals surface area contributed by atoms with Crippen molar-refractivity contribution in [1.29, 1.82) is 0 Å². The van der Waals surface area contributed by atoms with Gasteiger partial charge in [0.15, 0.2) is 0 Å². The van der Waals surface area contributed by atoms with Crippen molar-refractivity contribution < 1.29 is 9.53 Å². The molecule has 0 saturated heterocycles. The first-order chi connectivity index (χ1) is 9.61. The van der Waals surface area contributed by atoms with Crippen LogP contribution in [-0.4, -0.2) is 31.7 Å². The topological polar surface area (TPSA) is 64.4 Å². The van der Waals surface area contributed by atoms with Crippen LogP contribution in [0.5, 0.6) is 0 Å². The number of carbonyl (C=O) groups excluding carboxylic acids is 1. The molecule has 1 amide bonds. The zero-order valence-electron chi connectivity index (χ0n) is 13.2. The van der Waals surface area contributed by atoms with Gasteiger partial charge >= 0.3 is 0 Å². The maximum Gasteiger partial charge on any atom is 0.220 e. The van der Waals surface area contributed by atoms with Crippen LogP contribution in [0.3, 0.4) is 0 Å². The number of amides is 1. The largest absolute Gasteiger partial charge is 0.376 e. The van der Waals surface area contributed by atoms with Crippen LogP contribution >= 0.6 is 0 Å². The van der Waals surface area contributed by atoms with Crippen LogP contribution < -0.4 is 11.1 Å². The van der Waals surface area contributed by atoms with Crippen LogP contribution in [0.15, 0.2) is 0 Å². The summed E-state index contributed by atoms with van der Waals surface area (Å²) in [5.74, 6) is 0.994. The molecule has 1 aliphatic rings. The van der Waals surface area contributed by atoms with Crippen molar-refractivity contribution in [3.63, 3.8) is 0 Å². The highest BCUT2D eigenvalue weighted by atomic mass is 16.5. The summed E-state index contributed by atoms with van der Waals surface area (Å²) in [6.45, 7) is 6.17. The molecule has 1 aliphatic carbocycles. The summed E-state index contributed by atoms with van der Waals surface area (Å²) >= 11 is 0. The van der Waals surface area contributed by atoms with Crippen molar-refractivity contribution in [3.8, 4) is 0 Å². The Morgan fingerprint density at radius 1 is 1.30 bits per heavy atom. The Hall–Kier alpha value is -0.610. The number of nitrogens with one attached hydrogen (secondary N) is 1. The fraction of sp³-hybridized carbons (Fsp3) is 0.938. The summed E-state index contributed by atoms with van der Waals surface area (Å²) in [5, 5.41) is 2.94. The predicted molar refractivity (Wildman–Crippen MR) is 82.5 cm³/mol. The van der Waals surface area contributed by atoms with Gasteiger partial charge in [-0.15, -0.1) is 0 Å². The van der Waals surface area contributed by atoms with Crippen LogP contribution in [0.1, 0.15) is 58.8 Å². The van der Waals surface area contributed by atoms with Crippen molar-refractivity contribution in [3.05, 3.63) is 0 Å². The molecule has 1 fully saturated rings. The summed E-state index contributed by atoms with van der Waals surface area (Å²) in [5.41, 5.74) is 5.72. The molecule has 0 aromatic carbocycles. The van der Waals surface area contributed by atoms with Gasteiger partial charge in [-0.25, -0.2) is 0 Å². The van der Waals surface area contributed by atoms with E-state index >= 15 is 0 Å². The van der Waals surface area contributed by atoms with Crippen LogP contribution in [-0.2, 0) is 9.53 Å².